The summed E-state index contributed by atoms with van der Waals surface area (Å²) < 4.78 is 102. The number of carbonyl (C=O) groups is 2. The van der Waals surface area contributed by atoms with Gasteiger partial charge in [0.1, 0.15) is 71.6 Å². The molecule has 1 aliphatic heterocycles. The third kappa shape index (κ3) is 15.4. The number of aromatic nitrogens is 8. The Balaban J connectivity index is 0.919. The van der Waals surface area contributed by atoms with Crippen LogP contribution in [0.25, 0.3) is 27.2 Å². The van der Waals surface area contributed by atoms with E-state index < -0.39 is 123 Å². The van der Waals surface area contributed by atoms with Crippen molar-refractivity contribution in [3.05, 3.63) is 268 Å². The number of nitrogens with zero attached hydrogens (tertiary/aromatic N) is 8. The van der Waals surface area contributed by atoms with E-state index in [2.05, 4.69) is 64.3 Å². The Kier molecular flexibility index (Phi) is 23.1. The minimum absolute atomic E-state index is 0.00274. The number of methoxy groups -OCH3 is 5. The summed E-state index contributed by atoms with van der Waals surface area (Å²) in [4.78, 5) is 71.6. The van der Waals surface area contributed by atoms with Gasteiger partial charge >= 0.3 is 7.82 Å². The van der Waals surface area contributed by atoms with Crippen LogP contribution in [0.1, 0.15) is 97.0 Å². The maximum Gasteiger partial charge on any atom is 0.475 e. The Morgan fingerprint density at radius 2 is 1.17 bits per heavy atom. The van der Waals surface area contributed by atoms with Gasteiger partial charge in [-0.15, -0.1) is 0 Å². The number of imidazole rings is 2. The van der Waals surface area contributed by atoms with Crippen molar-refractivity contribution in [1.82, 2.24) is 39.0 Å². The quantitative estimate of drug-likeness (QED) is 0.0116. The highest BCUT2D eigenvalue weighted by atomic mass is 31.2. The Morgan fingerprint density at radius 1 is 0.649 bits per heavy atom. The molecule has 29 heteroatoms. The van der Waals surface area contributed by atoms with Crippen LogP contribution in [-0.2, 0) is 57.5 Å². The molecule has 14 rings (SSSR count). The van der Waals surface area contributed by atoms with Crippen LogP contribution in [0.4, 0.5) is 11.8 Å². The summed E-state index contributed by atoms with van der Waals surface area (Å²) in [5, 5.41) is 5.25. The predicted molar refractivity (Wildman–Crippen MR) is 429 cm³/mol. The molecule has 0 bridgehead atoms. The molecule has 1 unspecified atom stereocenters. The lowest BCUT2D eigenvalue weighted by Gasteiger charge is -2.44. The van der Waals surface area contributed by atoms with Crippen LogP contribution >= 0.6 is 7.82 Å². The van der Waals surface area contributed by atoms with Crippen molar-refractivity contribution in [3.63, 3.8) is 0 Å². The fraction of sp³-hybridized carbons (Fsp3) is 0.353. The topological polar surface area (TPSA) is 298 Å². The average Bonchev–Trinajstić information content (AvgIpc) is 1.50. The normalized spacial score (nSPS) is 20.7. The number of phosphoric ester groups is 1. The van der Waals surface area contributed by atoms with E-state index in [4.69, 9.17) is 77.4 Å². The van der Waals surface area contributed by atoms with E-state index in [9.17, 15) is 14.4 Å². The second-order valence-corrected chi connectivity index (χ2v) is 36.6. The molecule has 592 valence electrons. The highest BCUT2D eigenvalue weighted by Gasteiger charge is 2.75. The fourth-order valence-corrected chi connectivity index (χ4v) is 18.0. The summed E-state index contributed by atoms with van der Waals surface area (Å²) in [6, 6.07) is 57.9. The van der Waals surface area contributed by atoms with Crippen molar-refractivity contribution < 1.29 is 70.0 Å². The van der Waals surface area contributed by atoms with Crippen LogP contribution in [0.2, 0.25) is 18.1 Å². The number of hydrogen-bond donors (Lipinski definition) is 3. The van der Waals surface area contributed by atoms with Crippen molar-refractivity contribution in [2.45, 2.75) is 113 Å². The Bertz CT molecular complexity index is 5270. The number of nitrogens with one attached hydrogen (secondary N) is 3. The lowest BCUT2D eigenvalue weighted by Crippen LogP contribution is -2.51. The lowest BCUT2D eigenvalue weighted by atomic mass is 9.79. The highest BCUT2D eigenvalue weighted by Crippen LogP contribution is 2.73. The van der Waals surface area contributed by atoms with Gasteiger partial charge in [-0.3, -0.25) is 42.8 Å². The van der Waals surface area contributed by atoms with E-state index in [0.717, 1.165) is 16.7 Å². The van der Waals surface area contributed by atoms with Crippen LogP contribution in [-0.4, -0.2) is 152 Å². The monoisotopic (exact) mass is 1580 g/mol. The molecule has 7 aromatic carbocycles. The molecule has 27 nitrogen and oxygen atoms in total. The summed E-state index contributed by atoms with van der Waals surface area (Å²) in [6.45, 7) is 20.8. The number of rotatable bonds is 32. The van der Waals surface area contributed by atoms with E-state index in [0.29, 0.717) is 57.3 Å². The van der Waals surface area contributed by atoms with Crippen molar-refractivity contribution in [1.29, 1.82) is 0 Å². The first-order chi connectivity index (χ1) is 54.9. The first-order valence-corrected chi connectivity index (χ1v) is 41.9. The second-order valence-electron chi connectivity index (χ2n) is 30.3. The minimum atomic E-state index is -5.13. The summed E-state index contributed by atoms with van der Waals surface area (Å²) in [5.41, 5.74) is 0.609. The molecule has 0 spiro atoms. The van der Waals surface area contributed by atoms with Crippen LogP contribution in [0.5, 0.6) is 23.0 Å². The number of aromatic amines is 1. The number of ether oxygens (including phenoxy) is 8. The van der Waals surface area contributed by atoms with E-state index in [1.165, 1.54) is 24.3 Å². The van der Waals surface area contributed by atoms with Gasteiger partial charge in [0.25, 0.3) is 11.5 Å². The fourth-order valence-electron chi connectivity index (χ4n) is 15.3. The number of amides is 2. The van der Waals surface area contributed by atoms with E-state index in [1.807, 2.05) is 168 Å². The number of H-pyrrole nitrogens is 1. The van der Waals surface area contributed by atoms with Crippen molar-refractivity contribution >= 4 is 62.0 Å². The number of carbonyl (C=O) groups excluding carboxylic acids is 2. The zero-order chi connectivity index (χ0) is 80.3. The zero-order valence-electron chi connectivity index (χ0n) is 65.4. The Hall–Kier alpha value is -10.8. The summed E-state index contributed by atoms with van der Waals surface area (Å²) in [5.74, 6) is 0.626. The molecule has 2 amide bonds. The second kappa shape index (κ2) is 33.0. The number of hydrogen-bond acceptors (Lipinski definition) is 21. The SMILES string of the molecule is [C-]#[N+]CCOP(=O)(OC[C@H]1O[C@@H](n2cnc3c(=O)[nH]c(NC(=O)C(C)C)nc32)[C@H](OC(c2ccccc2)(c2ccc(OC)cc2)c2ccc(OC)cc2)[C@@H]1OC)O[C@H]1[C@H](n2cnc3c(NC(=O)c4ccccc4)ncnc32)[C@H]2C[C@@]2(COC(c2ccccc2)(c2ccc(OC)cc2)c2ccc(OC)cc2)[C@H]1O[Si](C)(C)C(C)(C)C. The van der Waals surface area contributed by atoms with Gasteiger partial charge in [-0.25, -0.2) is 31.1 Å². The molecular formula is C85H92N11O16PSi. The maximum atomic E-state index is 17.1. The van der Waals surface area contributed by atoms with Gasteiger partial charge in [0, 0.05) is 24.0 Å². The van der Waals surface area contributed by atoms with Crippen molar-refractivity contribution in [3.8, 4) is 23.0 Å². The van der Waals surface area contributed by atoms with Crippen molar-refractivity contribution in [2.24, 2.45) is 17.3 Å². The summed E-state index contributed by atoms with van der Waals surface area (Å²) in [6.07, 6.45) is -2.55. The number of benzene rings is 7. The Morgan fingerprint density at radius 3 is 1.69 bits per heavy atom. The van der Waals surface area contributed by atoms with Gasteiger partial charge in [-0.1, -0.05) is 162 Å². The molecule has 11 aromatic rings. The summed E-state index contributed by atoms with van der Waals surface area (Å²) in [7, 11) is -0.276. The number of anilines is 2. The van der Waals surface area contributed by atoms with Gasteiger partial charge in [0.2, 0.25) is 18.4 Å². The predicted octanol–water partition coefficient (Wildman–Crippen LogP) is 14.5. The molecule has 3 aliphatic rings. The molecule has 10 atom stereocenters. The van der Waals surface area contributed by atoms with Gasteiger partial charge in [0.15, 0.2) is 42.7 Å². The van der Waals surface area contributed by atoms with E-state index in [-0.39, 0.29) is 41.6 Å². The molecule has 1 saturated heterocycles. The number of fused-ring (bicyclic) bond motifs is 3. The molecule has 3 N–H and O–H groups in total. The van der Waals surface area contributed by atoms with Gasteiger partial charge in [-0.2, -0.15) is 4.98 Å². The van der Waals surface area contributed by atoms with Crippen molar-refractivity contribution in [2.75, 3.05) is 72.5 Å². The van der Waals surface area contributed by atoms with E-state index in [1.54, 1.807) is 72.9 Å². The minimum Gasteiger partial charge on any atom is -0.497 e. The molecule has 3 fully saturated rings. The van der Waals surface area contributed by atoms with Crippen LogP contribution in [0.15, 0.2) is 212 Å². The first-order valence-electron chi connectivity index (χ1n) is 37.5. The molecule has 2 saturated carbocycles. The van der Waals surface area contributed by atoms with Crippen LogP contribution in [0.3, 0.4) is 0 Å². The first kappa shape index (κ1) is 79.8. The van der Waals surface area contributed by atoms with Crippen LogP contribution < -0.4 is 35.1 Å². The molecule has 114 heavy (non-hydrogen) atoms. The van der Waals surface area contributed by atoms with E-state index >= 15 is 4.57 Å². The lowest BCUT2D eigenvalue weighted by molar-refractivity contribution is -0.126. The van der Waals surface area contributed by atoms with Gasteiger partial charge in [0.05, 0.1) is 66.5 Å². The standard InChI is InChI=1S/C85H92N11O16PSi/c1-53(2)77(97)93-81-92-76-68(79(99)94-81)90-52-96(76)80-72(110-85(56-27-21-16-22-28-56,59-33-41-63(103-9)42-34-59)60-35-43-64(104-10)44-36-60)70(105-11)66(109-80)48-108-113(100,107-46-45-86-6)111-71-69(95-51-89-67-74(87-50-88-75(67)95)91-78(98)54-23-17-14-18-24-54)65-47-83(65,73(71)112-114(12,13)82(3,4)5)49-106-84(55-25-19-15-20-26-55,57-29-37-61(101-7)38-30-57)58-31-39-62(102-8)40-32-58/h14-44,50-53,65-66,69-73,80H,45-49H2,1-5,7-13H3,(H,87,88,91,98)(H2,92,93,94,97,99)/t65-,66-,69-,70-,71+,72-,73+,80-,83+,113?/m1/s1. The van der Waals surface area contributed by atoms with Crippen LogP contribution in [0, 0.1) is 23.8 Å². The smallest absolute Gasteiger partial charge is 0.475 e. The Labute approximate surface area is 661 Å². The zero-order valence-corrected chi connectivity index (χ0v) is 67.3. The third-order valence-corrected chi connectivity index (χ3v) is 28.2. The highest BCUT2D eigenvalue weighted by molar-refractivity contribution is 7.48. The molecular weight excluding hydrogens is 1490 g/mol. The van der Waals surface area contributed by atoms with Gasteiger partial charge in [-0.05, 0) is 125 Å². The van der Waals surface area contributed by atoms with Gasteiger partial charge < -0.3 is 57.0 Å². The number of phosphoric acid groups is 1. The molecule has 2 aliphatic carbocycles. The average molecular weight is 1580 g/mol. The molecule has 0 radical (unpaired) electrons. The molecule has 5 heterocycles. The summed E-state index contributed by atoms with van der Waals surface area (Å²) >= 11 is 0. The maximum absolute atomic E-state index is 17.1. The third-order valence-electron chi connectivity index (χ3n) is 22.3. The largest absolute Gasteiger partial charge is 0.497 e. The molecule has 4 aromatic heterocycles.